The maximum absolute atomic E-state index is 12.6. The number of fused-ring (bicyclic) bond motifs is 1. The minimum Gasteiger partial charge on any atom is -0.497 e. The minimum absolute atomic E-state index is 0.237. The lowest BCUT2D eigenvalue weighted by atomic mass is 10.1. The quantitative estimate of drug-likeness (QED) is 0.746. The second-order valence-corrected chi connectivity index (χ2v) is 6.47. The Morgan fingerprint density at radius 1 is 1.10 bits per heavy atom. The van der Waals surface area contributed by atoms with Gasteiger partial charge in [-0.3, -0.25) is 0 Å². The van der Waals surface area contributed by atoms with Gasteiger partial charge in [-0.25, -0.2) is 17.4 Å². The van der Waals surface area contributed by atoms with E-state index in [0.29, 0.717) is 5.82 Å². The monoisotopic (exact) mass is 302 g/mol. The maximum atomic E-state index is 12.6. The molecule has 0 aliphatic heterocycles. The Morgan fingerprint density at radius 3 is 2.48 bits per heavy atom. The van der Waals surface area contributed by atoms with E-state index in [4.69, 9.17) is 4.74 Å². The minimum atomic E-state index is -3.61. The molecule has 0 aliphatic carbocycles. The van der Waals surface area contributed by atoms with E-state index in [1.165, 1.54) is 16.4 Å². The van der Waals surface area contributed by atoms with E-state index in [0.717, 1.165) is 16.5 Å². The summed E-state index contributed by atoms with van der Waals surface area (Å²) in [5.74, 6) is 1.17. The summed E-state index contributed by atoms with van der Waals surface area (Å²) in [6.07, 6.45) is 2.92. The molecule has 0 atom stereocenters. The van der Waals surface area contributed by atoms with Crippen molar-refractivity contribution < 1.29 is 13.2 Å². The van der Waals surface area contributed by atoms with Gasteiger partial charge >= 0.3 is 0 Å². The fourth-order valence-electron chi connectivity index (χ4n) is 2.22. The lowest BCUT2D eigenvalue weighted by molar-refractivity contribution is 0.415. The first kappa shape index (κ1) is 13.6. The topological polar surface area (TPSA) is 61.2 Å². The molecule has 108 valence electrons. The molecule has 0 bridgehead atoms. The molecule has 0 aliphatic rings. The van der Waals surface area contributed by atoms with Gasteiger partial charge in [-0.15, -0.1) is 0 Å². The molecule has 0 saturated carbocycles. The number of methoxy groups -OCH3 is 1. The molecule has 0 fully saturated rings. The Morgan fingerprint density at radius 2 is 1.81 bits per heavy atom. The predicted octanol–water partition coefficient (Wildman–Crippen LogP) is 2.59. The van der Waals surface area contributed by atoms with Gasteiger partial charge in [0.2, 0.25) is 0 Å². The highest BCUT2D eigenvalue weighted by Gasteiger charge is 2.18. The lowest BCUT2D eigenvalue weighted by Crippen LogP contribution is -2.13. The molecule has 3 rings (SSSR count). The molecule has 0 unspecified atom stereocenters. The van der Waals surface area contributed by atoms with Gasteiger partial charge < -0.3 is 4.74 Å². The molecule has 0 radical (unpaired) electrons. The fourth-order valence-corrected chi connectivity index (χ4v) is 3.58. The molecule has 0 N–H and O–H groups in total. The molecule has 0 spiro atoms. The van der Waals surface area contributed by atoms with Crippen LogP contribution in [0.25, 0.3) is 10.8 Å². The summed E-state index contributed by atoms with van der Waals surface area (Å²) in [6, 6.07) is 10.5. The molecule has 1 aromatic heterocycles. The molecule has 3 aromatic rings. The largest absolute Gasteiger partial charge is 0.497 e. The number of rotatable bonds is 3. The molecular weight excluding hydrogens is 288 g/mol. The number of hydrogen-bond donors (Lipinski definition) is 0. The molecule has 21 heavy (non-hydrogen) atoms. The molecule has 2 aromatic carbocycles. The smallest absolute Gasteiger partial charge is 0.269 e. The number of hydrogen-bond acceptors (Lipinski definition) is 4. The highest BCUT2D eigenvalue weighted by molar-refractivity contribution is 7.90. The summed E-state index contributed by atoms with van der Waals surface area (Å²) in [4.78, 5) is 4.20. The SMILES string of the molecule is COc1ccc2cc(S(=O)(=O)n3ccnc3C)ccc2c1. The van der Waals surface area contributed by atoms with Gasteiger partial charge in [0.15, 0.2) is 0 Å². The first-order valence-corrected chi connectivity index (χ1v) is 7.80. The van der Waals surface area contributed by atoms with Crippen molar-refractivity contribution in [2.75, 3.05) is 7.11 Å². The predicted molar refractivity (Wildman–Crippen MR) is 80.0 cm³/mol. The van der Waals surface area contributed by atoms with E-state index in [1.807, 2.05) is 12.1 Å². The van der Waals surface area contributed by atoms with E-state index in [-0.39, 0.29) is 4.90 Å². The van der Waals surface area contributed by atoms with Crippen molar-refractivity contribution in [2.45, 2.75) is 11.8 Å². The zero-order valence-corrected chi connectivity index (χ0v) is 12.5. The van der Waals surface area contributed by atoms with E-state index in [1.54, 1.807) is 38.3 Å². The Balaban J connectivity index is 2.15. The normalized spacial score (nSPS) is 11.7. The van der Waals surface area contributed by atoms with Crippen molar-refractivity contribution in [3.63, 3.8) is 0 Å². The van der Waals surface area contributed by atoms with E-state index >= 15 is 0 Å². The van der Waals surface area contributed by atoms with Crippen LogP contribution in [0.1, 0.15) is 5.82 Å². The molecular formula is C15H14N2O3S. The standard InChI is InChI=1S/C15H14N2O3S/c1-11-16-7-8-17(11)21(18,19)15-6-4-12-9-14(20-2)5-3-13(12)10-15/h3-10H,1-2H3. The van der Waals surface area contributed by atoms with Crippen LogP contribution in [0.4, 0.5) is 0 Å². The zero-order chi connectivity index (χ0) is 15.0. The highest BCUT2D eigenvalue weighted by Crippen LogP contribution is 2.25. The van der Waals surface area contributed by atoms with Crippen molar-refractivity contribution in [1.29, 1.82) is 0 Å². The van der Waals surface area contributed by atoms with Crippen molar-refractivity contribution in [3.05, 3.63) is 54.6 Å². The number of aromatic nitrogens is 2. The Hall–Kier alpha value is -2.34. The number of nitrogens with zero attached hydrogens (tertiary/aromatic N) is 2. The van der Waals surface area contributed by atoms with Crippen LogP contribution in [-0.2, 0) is 10.0 Å². The van der Waals surface area contributed by atoms with Crippen LogP contribution < -0.4 is 4.74 Å². The van der Waals surface area contributed by atoms with Gasteiger partial charge in [0.25, 0.3) is 10.0 Å². The van der Waals surface area contributed by atoms with Crippen LogP contribution in [0, 0.1) is 6.92 Å². The van der Waals surface area contributed by atoms with Gasteiger partial charge in [0.1, 0.15) is 11.6 Å². The van der Waals surface area contributed by atoms with Crippen LogP contribution in [-0.4, -0.2) is 24.5 Å². The van der Waals surface area contributed by atoms with Crippen molar-refractivity contribution in [2.24, 2.45) is 0 Å². The van der Waals surface area contributed by atoms with Crippen molar-refractivity contribution >= 4 is 20.8 Å². The van der Waals surface area contributed by atoms with Crippen LogP contribution in [0.2, 0.25) is 0 Å². The van der Waals surface area contributed by atoms with Crippen LogP contribution >= 0.6 is 0 Å². The van der Waals surface area contributed by atoms with E-state index < -0.39 is 10.0 Å². The summed E-state index contributed by atoms with van der Waals surface area (Å²) in [7, 11) is -2.01. The summed E-state index contributed by atoms with van der Waals surface area (Å²) < 4.78 is 31.5. The molecule has 0 amide bonds. The number of aryl methyl sites for hydroxylation is 1. The molecule has 5 nitrogen and oxygen atoms in total. The van der Waals surface area contributed by atoms with E-state index in [2.05, 4.69) is 4.98 Å². The summed E-state index contributed by atoms with van der Waals surface area (Å²) in [5.41, 5.74) is 0. The maximum Gasteiger partial charge on any atom is 0.269 e. The first-order chi connectivity index (χ1) is 10.0. The third-order valence-corrected chi connectivity index (χ3v) is 5.11. The molecule has 1 heterocycles. The average molecular weight is 302 g/mol. The van der Waals surface area contributed by atoms with Crippen LogP contribution in [0.5, 0.6) is 5.75 Å². The lowest BCUT2D eigenvalue weighted by Gasteiger charge is -2.09. The summed E-state index contributed by atoms with van der Waals surface area (Å²) in [5, 5.41) is 1.77. The van der Waals surface area contributed by atoms with Gasteiger partial charge in [-0.2, -0.15) is 0 Å². The van der Waals surface area contributed by atoms with Gasteiger partial charge in [0.05, 0.1) is 12.0 Å². The first-order valence-electron chi connectivity index (χ1n) is 6.36. The molecule has 6 heteroatoms. The summed E-state index contributed by atoms with van der Waals surface area (Å²) in [6.45, 7) is 1.66. The second kappa shape index (κ2) is 4.89. The Bertz CT molecular complexity index is 914. The highest BCUT2D eigenvalue weighted by atomic mass is 32.2. The third-order valence-electron chi connectivity index (χ3n) is 3.36. The van der Waals surface area contributed by atoms with Crippen LogP contribution in [0.3, 0.4) is 0 Å². The van der Waals surface area contributed by atoms with Gasteiger partial charge in [0, 0.05) is 12.4 Å². The Kier molecular flexibility index (Phi) is 3.17. The fraction of sp³-hybridized carbons (Fsp3) is 0.133. The van der Waals surface area contributed by atoms with Crippen molar-refractivity contribution in [3.8, 4) is 5.75 Å². The number of benzene rings is 2. The van der Waals surface area contributed by atoms with Gasteiger partial charge in [-0.05, 0) is 42.0 Å². The zero-order valence-electron chi connectivity index (χ0n) is 11.6. The third kappa shape index (κ3) is 2.27. The van der Waals surface area contributed by atoms with E-state index in [9.17, 15) is 8.42 Å². The summed E-state index contributed by atoms with van der Waals surface area (Å²) >= 11 is 0. The van der Waals surface area contributed by atoms with Crippen LogP contribution in [0.15, 0.2) is 53.7 Å². The second-order valence-electron chi connectivity index (χ2n) is 4.65. The average Bonchev–Trinajstić information content (AvgIpc) is 2.93. The van der Waals surface area contributed by atoms with Gasteiger partial charge in [-0.1, -0.05) is 12.1 Å². The molecule has 0 saturated heterocycles. The Labute approximate surface area is 122 Å². The van der Waals surface area contributed by atoms with Crippen molar-refractivity contribution in [1.82, 2.24) is 8.96 Å². The number of ether oxygens (including phenoxy) is 1. The number of imidazole rings is 1.